The molecular formula is C25H30N2O4. The van der Waals surface area contributed by atoms with Gasteiger partial charge in [-0.3, -0.25) is 4.79 Å². The van der Waals surface area contributed by atoms with Gasteiger partial charge in [-0.15, -0.1) is 0 Å². The average Bonchev–Trinajstić information content (AvgIpc) is 3.46. The van der Waals surface area contributed by atoms with Gasteiger partial charge in [-0.25, -0.2) is 0 Å². The lowest BCUT2D eigenvalue weighted by molar-refractivity contribution is -0.124. The third kappa shape index (κ3) is 4.55. The predicted octanol–water partition coefficient (Wildman–Crippen LogP) is 2.88. The molecule has 3 aliphatic rings. The van der Waals surface area contributed by atoms with Gasteiger partial charge in [0.05, 0.1) is 6.04 Å². The van der Waals surface area contributed by atoms with E-state index in [2.05, 4.69) is 22.3 Å². The minimum Gasteiger partial charge on any atom is -0.486 e. The van der Waals surface area contributed by atoms with Gasteiger partial charge in [-0.2, -0.15) is 0 Å². The van der Waals surface area contributed by atoms with Crippen LogP contribution in [0.1, 0.15) is 42.4 Å². The Bertz CT molecular complexity index is 913. The summed E-state index contributed by atoms with van der Waals surface area (Å²) in [5.74, 6) is 1.65. The van der Waals surface area contributed by atoms with Gasteiger partial charge in [0.2, 0.25) is 5.91 Å². The molecule has 0 spiro atoms. The second-order valence-electron chi connectivity index (χ2n) is 8.83. The first-order valence-corrected chi connectivity index (χ1v) is 11.3. The summed E-state index contributed by atoms with van der Waals surface area (Å²) in [6, 6.07) is 15.4. The smallest absolute Gasteiger partial charge is 0.224 e. The SMILES string of the molecule is O=C(NC(CN1CCCC1)C(O)c1ccc2c(c1)OCCO2)C1CC1c1ccccc1. The molecule has 6 heteroatoms. The number of likely N-dealkylation sites (tertiary alicyclic amines) is 1. The van der Waals surface area contributed by atoms with Crippen molar-refractivity contribution in [2.24, 2.45) is 5.92 Å². The van der Waals surface area contributed by atoms with Crippen LogP contribution >= 0.6 is 0 Å². The molecule has 1 aliphatic carbocycles. The minimum absolute atomic E-state index is 0.0176. The molecule has 1 saturated heterocycles. The van der Waals surface area contributed by atoms with Crippen LogP contribution in [0.3, 0.4) is 0 Å². The normalized spacial score (nSPS) is 24.4. The maximum Gasteiger partial charge on any atom is 0.224 e. The van der Waals surface area contributed by atoms with E-state index >= 15 is 0 Å². The highest BCUT2D eigenvalue weighted by molar-refractivity contribution is 5.83. The fourth-order valence-electron chi connectivity index (χ4n) is 4.79. The Kier molecular flexibility index (Phi) is 5.83. The summed E-state index contributed by atoms with van der Waals surface area (Å²) in [4.78, 5) is 15.4. The highest BCUT2D eigenvalue weighted by atomic mass is 16.6. The Hall–Kier alpha value is -2.57. The Balaban J connectivity index is 1.30. The molecule has 1 saturated carbocycles. The topological polar surface area (TPSA) is 71.0 Å². The average molecular weight is 423 g/mol. The third-order valence-electron chi connectivity index (χ3n) is 6.63. The van der Waals surface area contributed by atoms with Crippen molar-refractivity contribution in [3.63, 3.8) is 0 Å². The zero-order chi connectivity index (χ0) is 21.2. The molecule has 2 N–H and O–H groups in total. The molecule has 2 fully saturated rings. The monoisotopic (exact) mass is 422 g/mol. The Morgan fingerprint density at radius 2 is 1.81 bits per heavy atom. The van der Waals surface area contributed by atoms with Gasteiger partial charge in [0.15, 0.2) is 11.5 Å². The lowest BCUT2D eigenvalue weighted by Crippen LogP contribution is -2.47. The van der Waals surface area contributed by atoms with E-state index < -0.39 is 6.10 Å². The summed E-state index contributed by atoms with van der Waals surface area (Å²) in [7, 11) is 0. The first kappa shape index (κ1) is 20.3. The van der Waals surface area contributed by atoms with E-state index in [1.54, 1.807) is 0 Å². The Morgan fingerprint density at radius 1 is 1.06 bits per heavy atom. The highest BCUT2D eigenvalue weighted by Gasteiger charge is 2.45. The first-order valence-electron chi connectivity index (χ1n) is 11.3. The van der Waals surface area contributed by atoms with Crippen molar-refractivity contribution in [2.75, 3.05) is 32.8 Å². The van der Waals surface area contributed by atoms with Gasteiger partial charge in [0.25, 0.3) is 0 Å². The Labute approximate surface area is 183 Å². The second-order valence-corrected chi connectivity index (χ2v) is 8.83. The molecule has 0 bridgehead atoms. The summed E-state index contributed by atoms with van der Waals surface area (Å²) in [6.07, 6.45) is 2.39. The second kappa shape index (κ2) is 8.89. The lowest BCUT2D eigenvalue weighted by Gasteiger charge is -2.29. The van der Waals surface area contributed by atoms with Crippen molar-refractivity contribution in [3.8, 4) is 11.5 Å². The molecule has 2 heterocycles. The zero-order valence-corrected chi connectivity index (χ0v) is 17.7. The summed E-state index contributed by atoms with van der Waals surface area (Å²) >= 11 is 0. The van der Waals surface area contributed by atoms with E-state index in [9.17, 15) is 9.90 Å². The van der Waals surface area contributed by atoms with Crippen molar-refractivity contribution in [1.29, 1.82) is 0 Å². The number of aliphatic hydroxyl groups excluding tert-OH is 1. The number of fused-ring (bicyclic) bond motifs is 1. The van der Waals surface area contributed by atoms with Crippen molar-refractivity contribution in [3.05, 3.63) is 59.7 Å². The number of benzene rings is 2. The number of ether oxygens (including phenoxy) is 2. The molecule has 2 aromatic rings. The molecule has 164 valence electrons. The van der Waals surface area contributed by atoms with Crippen LogP contribution in [0.2, 0.25) is 0 Å². The van der Waals surface area contributed by atoms with Crippen LogP contribution in [0, 0.1) is 5.92 Å². The van der Waals surface area contributed by atoms with E-state index in [0.29, 0.717) is 31.3 Å². The maximum atomic E-state index is 13.1. The van der Waals surface area contributed by atoms with Crippen molar-refractivity contribution in [1.82, 2.24) is 10.2 Å². The number of nitrogens with one attached hydrogen (secondary N) is 1. The van der Waals surface area contributed by atoms with Crippen molar-refractivity contribution >= 4 is 5.91 Å². The lowest BCUT2D eigenvalue weighted by atomic mass is 10.0. The largest absolute Gasteiger partial charge is 0.486 e. The number of carbonyl (C=O) groups excluding carboxylic acids is 1. The summed E-state index contributed by atoms with van der Waals surface area (Å²) in [5.41, 5.74) is 1.95. The van der Waals surface area contributed by atoms with E-state index in [4.69, 9.17) is 9.47 Å². The van der Waals surface area contributed by atoms with Crippen LogP contribution in [-0.2, 0) is 4.79 Å². The van der Waals surface area contributed by atoms with Gasteiger partial charge >= 0.3 is 0 Å². The van der Waals surface area contributed by atoms with E-state index in [1.165, 1.54) is 18.4 Å². The molecular weight excluding hydrogens is 392 g/mol. The molecule has 4 atom stereocenters. The van der Waals surface area contributed by atoms with Gasteiger partial charge < -0.3 is 24.8 Å². The van der Waals surface area contributed by atoms with Crippen LogP contribution in [0.5, 0.6) is 11.5 Å². The first-order chi connectivity index (χ1) is 15.2. The highest BCUT2D eigenvalue weighted by Crippen LogP contribution is 2.47. The number of nitrogens with zero attached hydrogens (tertiary/aromatic N) is 1. The fourth-order valence-corrected chi connectivity index (χ4v) is 4.79. The van der Waals surface area contributed by atoms with Crippen LogP contribution in [-0.4, -0.2) is 54.8 Å². The molecule has 31 heavy (non-hydrogen) atoms. The Morgan fingerprint density at radius 3 is 2.58 bits per heavy atom. The van der Waals surface area contributed by atoms with Crippen molar-refractivity contribution < 1.29 is 19.4 Å². The number of rotatable bonds is 7. The molecule has 6 nitrogen and oxygen atoms in total. The molecule has 4 unspecified atom stereocenters. The molecule has 2 aromatic carbocycles. The molecule has 5 rings (SSSR count). The minimum atomic E-state index is -0.811. The maximum absolute atomic E-state index is 13.1. The fraction of sp³-hybridized carbons (Fsp3) is 0.480. The van der Waals surface area contributed by atoms with Crippen molar-refractivity contribution in [2.45, 2.75) is 37.3 Å². The molecule has 1 amide bonds. The zero-order valence-electron chi connectivity index (χ0n) is 17.7. The molecule has 2 aliphatic heterocycles. The van der Waals surface area contributed by atoms with E-state index in [1.807, 2.05) is 36.4 Å². The number of aliphatic hydroxyl groups is 1. The van der Waals surface area contributed by atoms with Crippen LogP contribution in [0.25, 0.3) is 0 Å². The van der Waals surface area contributed by atoms with E-state index in [-0.39, 0.29) is 23.8 Å². The summed E-state index contributed by atoms with van der Waals surface area (Å²) < 4.78 is 11.3. The van der Waals surface area contributed by atoms with Crippen LogP contribution in [0.15, 0.2) is 48.5 Å². The number of carbonyl (C=O) groups is 1. The standard InChI is InChI=1S/C25H30N2O4/c28-24(18-8-9-22-23(14-18)31-13-12-30-22)21(16-27-10-4-5-11-27)26-25(29)20-15-19(20)17-6-2-1-3-7-17/h1-3,6-9,14,19-21,24,28H,4-5,10-13,15-16H2,(H,26,29). The van der Waals surface area contributed by atoms with Crippen LogP contribution in [0.4, 0.5) is 0 Å². The molecule has 0 aromatic heterocycles. The number of hydrogen-bond acceptors (Lipinski definition) is 5. The summed E-state index contributed by atoms with van der Waals surface area (Å²) in [6.45, 7) is 3.70. The molecule has 0 radical (unpaired) electrons. The van der Waals surface area contributed by atoms with Gasteiger partial charge in [0, 0.05) is 12.5 Å². The van der Waals surface area contributed by atoms with Gasteiger partial charge in [-0.05, 0) is 61.5 Å². The predicted molar refractivity (Wildman–Crippen MR) is 117 cm³/mol. The van der Waals surface area contributed by atoms with Gasteiger partial charge in [-0.1, -0.05) is 36.4 Å². The quantitative estimate of drug-likeness (QED) is 0.718. The number of hydrogen-bond donors (Lipinski definition) is 2. The third-order valence-corrected chi connectivity index (χ3v) is 6.63. The number of amides is 1. The van der Waals surface area contributed by atoms with Gasteiger partial charge in [0.1, 0.15) is 19.3 Å². The summed E-state index contributed by atoms with van der Waals surface area (Å²) in [5, 5.41) is 14.4. The van der Waals surface area contributed by atoms with E-state index in [0.717, 1.165) is 25.1 Å². The van der Waals surface area contributed by atoms with Crippen LogP contribution < -0.4 is 14.8 Å².